The van der Waals surface area contributed by atoms with Crippen molar-refractivity contribution in [2.24, 2.45) is 11.3 Å². The van der Waals surface area contributed by atoms with Crippen molar-refractivity contribution in [3.8, 4) is 11.5 Å². The number of piperidine rings is 1. The lowest BCUT2D eigenvalue weighted by molar-refractivity contribution is -0.243. The lowest BCUT2D eigenvalue weighted by Gasteiger charge is -2.72. The number of hydrogen-bond donors (Lipinski definition) is 2. The highest BCUT2D eigenvalue weighted by atomic mass is 16.6. The monoisotopic (exact) mass is 383 g/mol. The van der Waals surface area contributed by atoms with E-state index in [9.17, 15) is 10.2 Å². The maximum absolute atomic E-state index is 11.2. The molecule has 0 radical (unpaired) electrons. The van der Waals surface area contributed by atoms with Crippen LogP contribution in [0.3, 0.4) is 0 Å². The summed E-state index contributed by atoms with van der Waals surface area (Å²) in [5.74, 6) is 0.789. The second kappa shape index (κ2) is 4.77. The van der Waals surface area contributed by atoms with Crippen molar-refractivity contribution in [3.05, 3.63) is 35.4 Å². The molecule has 1 aromatic rings. The zero-order chi connectivity index (χ0) is 19.7. The van der Waals surface area contributed by atoms with Crippen molar-refractivity contribution >= 4 is 0 Å². The third-order valence-electron chi connectivity index (χ3n) is 8.93. The van der Waals surface area contributed by atoms with Crippen LogP contribution in [0.25, 0.3) is 0 Å². The van der Waals surface area contributed by atoms with Gasteiger partial charge >= 0.3 is 0 Å². The summed E-state index contributed by atoms with van der Waals surface area (Å²) >= 11 is 0. The fourth-order valence-corrected chi connectivity index (χ4v) is 7.86. The molecule has 2 aliphatic heterocycles. The molecule has 2 N–H and O–H groups in total. The molecule has 1 saturated carbocycles. The molecule has 2 heterocycles. The number of methoxy groups -OCH3 is 1. The van der Waals surface area contributed by atoms with Crippen molar-refractivity contribution < 1.29 is 19.7 Å². The van der Waals surface area contributed by atoms with Crippen LogP contribution in [0.4, 0.5) is 0 Å². The van der Waals surface area contributed by atoms with Crippen LogP contribution in [0.15, 0.2) is 24.3 Å². The van der Waals surface area contributed by atoms with Crippen molar-refractivity contribution in [1.29, 1.82) is 0 Å². The second-order valence-electron chi connectivity index (χ2n) is 10.2. The van der Waals surface area contributed by atoms with Gasteiger partial charge in [-0.1, -0.05) is 18.2 Å². The summed E-state index contributed by atoms with van der Waals surface area (Å²) in [5.41, 5.74) is 0.565. The predicted molar refractivity (Wildman–Crippen MR) is 105 cm³/mol. The largest absolute Gasteiger partial charge is 0.504 e. The standard InChI is InChI=1S/C23H29NO4/c1-20(2,26)15-12-21-7-8-23(15,27-4)19-22(21)9-10-24(3)16(21)11-13-5-6-14(25)18(28-19)17(13)22/h5-8,15-16,19,25-26H,9-12H2,1-4H3/t15-,16-,19+,21-,22+,23+/m1/s1. The highest BCUT2D eigenvalue weighted by Crippen LogP contribution is 2.75. The number of likely N-dealkylation sites (tertiary alicyclic amines) is 1. The maximum Gasteiger partial charge on any atom is 0.165 e. The number of aliphatic hydroxyl groups is 1. The van der Waals surface area contributed by atoms with Gasteiger partial charge in [-0.2, -0.15) is 0 Å². The smallest absolute Gasteiger partial charge is 0.165 e. The summed E-state index contributed by atoms with van der Waals surface area (Å²) in [6, 6.07) is 4.21. The molecule has 0 aromatic heterocycles. The molecular weight excluding hydrogens is 354 g/mol. The molecule has 1 saturated heterocycles. The minimum atomic E-state index is -0.900. The number of fused-ring (bicyclic) bond motifs is 1. The Hall–Kier alpha value is -1.56. The van der Waals surface area contributed by atoms with Crippen LogP contribution in [0.1, 0.15) is 37.8 Å². The molecule has 150 valence electrons. The minimum absolute atomic E-state index is 0.0832. The van der Waals surface area contributed by atoms with E-state index in [0.29, 0.717) is 11.8 Å². The molecule has 28 heavy (non-hydrogen) atoms. The molecule has 0 unspecified atom stereocenters. The number of rotatable bonds is 2. The third-order valence-corrected chi connectivity index (χ3v) is 8.93. The van der Waals surface area contributed by atoms with Gasteiger partial charge in [0, 0.05) is 30.0 Å². The predicted octanol–water partition coefficient (Wildman–Crippen LogP) is 2.38. The Labute approximate surface area is 165 Å². The van der Waals surface area contributed by atoms with Crippen LogP contribution in [0, 0.1) is 11.3 Å². The van der Waals surface area contributed by atoms with Crippen LogP contribution in [0.5, 0.6) is 11.5 Å². The van der Waals surface area contributed by atoms with Crippen LogP contribution in [-0.2, 0) is 16.6 Å². The average molecular weight is 383 g/mol. The molecule has 6 atom stereocenters. The number of aromatic hydroxyl groups is 1. The van der Waals surface area contributed by atoms with Gasteiger partial charge < -0.3 is 24.6 Å². The first kappa shape index (κ1) is 17.3. The first-order valence-corrected chi connectivity index (χ1v) is 10.4. The molecule has 6 aliphatic rings. The molecule has 5 heteroatoms. The Morgan fingerprint density at radius 1 is 1.29 bits per heavy atom. The topological polar surface area (TPSA) is 62.2 Å². The van der Waals surface area contributed by atoms with E-state index in [-0.39, 0.29) is 28.6 Å². The number of phenols is 1. The maximum atomic E-state index is 11.2. The summed E-state index contributed by atoms with van der Waals surface area (Å²) in [7, 11) is 3.96. The number of phenolic OH excluding ortho intramolecular Hbond substituents is 1. The first-order chi connectivity index (χ1) is 13.2. The summed E-state index contributed by atoms with van der Waals surface area (Å²) in [4.78, 5) is 2.49. The molecule has 5 nitrogen and oxygen atoms in total. The lowest BCUT2D eigenvalue weighted by atomic mass is 9.36. The van der Waals surface area contributed by atoms with E-state index >= 15 is 0 Å². The van der Waals surface area contributed by atoms with Crippen molar-refractivity contribution in [3.63, 3.8) is 0 Å². The molecule has 0 amide bonds. The zero-order valence-electron chi connectivity index (χ0n) is 17.0. The van der Waals surface area contributed by atoms with Gasteiger partial charge in [-0.15, -0.1) is 0 Å². The van der Waals surface area contributed by atoms with Gasteiger partial charge in [-0.3, -0.25) is 0 Å². The molecule has 2 fully saturated rings. The van der Waals surface area contributed by atoms with Crippen LogP contribution >= 0.6 is 0 Å². The number of likely N-dealkylation sites (N-methyl/N-ethyl adjacent to an activating group) is 1. The van der Waals surface area contributed by atoms with Gasteiger partial charge in [0.1, 0.15) is 11.7 Å². The van der Waals surface area contributed by atoms with Crippen molar-refractivity contribution in [1.82, 2.24) is 4.90 Å². The Balaban J connectivity index is 1.71. The van der Waals surface area contributed by atoms with Gasteiger partial charge in [0.2, 0.25) is 0 Å². The summed E-state index contributed by atoms with van der Waals surface area (Å²) < 4.78 is 12.9. The number of nitrogens with zero attached hydrogens (tertiary/aromatic N) is 1. The van der Waals surface area contributed by atoms with Gasteiger partial charge in [0.05, 0.1) is 11.0 Å². The van der Waals surface area contributed by atoms with E-state index in [2.05, 4.69) is 30.2 Å². The van der Waals surface area contributed by atoms with Crippen LogP contribution in [-0.4, -0.2) is 59.2 Å². The number of benzene rings is 1. The Morgan fingerprint density at radius 2 is 2.07 bits per heavy atom. The lowest BCUT2D eigenvalue weighted by Crippen LogP contribution is -2.80. The van der Waals surface area contributed by atoms with E-state index in [4.69, 9.17) is 9.47 Å². The van der Waals surface area contributed by atoms with Crippen LogP contribution in [0.2, 0.25) is 0 Å². The molecule has 1 aromatic carbocycles. The van der Waals surface area contributed by atoms with Gasteiger partial charge in [-0.25, -0.2) is 0 Å². The molecule has 4 bridgehead atoms. The third kappa shape index (κ3) is 1.54. The van der Waals surface area contributed by atoms with E-state index in [1.807, 2.05) is 13.8 Å². The first-order valence-electron chi connectivity index (χ1n) is 10.4. The van der Waals surface area contributed by atoms with Crippen molar-refractivity contribution in [2.75, 3.05) is 20.7 Å². The van der Waals surface area contributed by atoms with Gasteiger partial charge in [-0.05, 0) is 58.3 Å². The average Bonchev–Trinajstić information content (AvgIpc) is 3.03. The molecule has 7 rings (SSSR count). The quantitative estimate of drug-likeness (QED) is 0.768. The van der Waals surface area contributed by atoms with Crippen molar-refractivity contribution in [2.45, 2.75) is 61.9 Å². The highest BCUT2D eigenvalue weighted by molar-refractivity contribution is 5.65. The fourth-order valence-electron chi connectivity index (χ4n) is 7.86. The van der Waals surface area contributed by atoms with Crippen LogP contribution < -0.4 is 4.74 Å². The van der Waals surface area contributed by atoms with E-state index in [1.165, 1.54) is 11.1 Å². The molecule has 2 spiro atoms. The van der Waals surface area contributed by atoms with E-state index in [1.54, 1.807) is 13.2 Å². The Morgan fingerprint density at radius 3 is 2.79 bits per heavy atom. The molecule has 4 aliphatic carbocycles. The van der Waals surface area contributed by atoms with Gasteiger partial charge in [0.25, 0.3) is 0 Å². The Kier molecular flexibility index (Phi) is 2.95. The van der Waals surface area contributed by atoms with E-state index in [0.717, 1.165) is 25.8 Å². The number of hydrogen-bond acceptors (Lipinski definition) is 5. The number of ether oxygens (including phenoxy) is 2. The molecular formula is C23H29NO4. The minimum Gasteiger partial charge on any atom is -0.504 e. The normalized spacial score (nSPS) is 45.1. The van der Waals surface area contributed by atoms with Gasteiger partial charge in [0.15, 0.2) is 11.5 Å². The Bertz CT molecular complexity index is 920. The fraction of sp³-hybridized carbons (Fsp3) is 0.652. The second-order valence-corrected chi connectivity index (χ2v) is 10.2. The SMILES string of the molecule is CO[C@@]12C=C[C@@]3(C[C@@H]1C(C)(C)O)[C@H]1Cc4ccc(O)c5c4[C@@]3(CCN1C)[C@@H]2O5. The highest BCUT2D eigenvalue weighted by Gasteiger charge is 2.80. The summed E-state index contributed by atoms with van der Waals surface area (Å²) in [5, 5.41) is 21.9. The summed E-state index contributed by atoms with van der Waals surface area (Å²) in [6.07, 6.45) is 7.12. The van der Waals surface area contributed by atoms with E-state index < -0.39 is 11.2 Å². The zero-order valence-corrected chi connectivity index (χ0v) is 17.0. The summed E-state index contributed by atoms with van der Waals surface area (Å²) in [6.45, 7) is 4.79.